The van der Waals surface area contributed by atoms with Crippen LogP contribution in [0.5, 0.6) is 0 Å². The Kier molecular flexibility index (Phi) is 6.09. The Balaban J connectivity index is 1.29. The molecular weight excluding hydrogens is 374 g/mol. The average molecular weight is 399 g/mol. The Morgan fingerprint density at radius 1 is 0.833 bits per heavy atom. The SMILES string of the molecule is O=C(NCCc1ccccc1)NCc1ccc2c(c1)CCN2C(=O)c1ccccc1. The summed E-state index contributed by atoms with van der Waals surface area (Å²) < 4.78 is 0. The molecule has 0 aliphatic carbocycles. The molecule has 0 atom stereocenters. The van der Waals surface area contributed by atoms with Gasteiger partial charge in [-0.2, -0.15) is 0 Å². The lowest BCUT2D eigenvalue weighted by molar-refractivity contribution is 0.0989. The molecule has 3 aromatic rings. The summed E-state index contributed by atoms with van der Waals surface area (Å²) in [6.45, 7) is 1.73. The first-order valence-electron chi connectivity index (χ1n) is 10.2. The van der Waals surface area contributed by atoms with E-state index >= 15 is 0 Å². The second-order valence-electron chi connectivity index (χ2n) is 7.38. The summed E-state index contributed by atoms with van der Waals surface area (Å²) >= 11 is 0. The Hall–Kier alpha value is -3.60. The Bertz CT molecular complexity index is 1020. The van der Waals surface area contributed by atoms with Crippen LogP contribution in [-0.4, -0.2) is 25.0 Å². The third-order valence-electron chi connectivity index (χ3n) is 5.30. The van der Waals surface area contributed by atoms with E-state index in [-0.39, 0.29) is 11.9 Å². The summed E-state index contributed by atoms with van der Waals surface area (Å²) in [5.74, 6) is 0.0259. The Labute approximate surface area is 176 Å². The van der Waals surface area contributed by atoms with Gasteiger partial charge in [0.1, 0.15) is 0 Å². The molecule has 0 bridgehead atoms. The number of hydrogen-bond acceptors (Lipinski definition) is 2. The molecule has 0 spiro atoms. The smallest absolute Gasteiger partial charge is 0.315 e. The first-order chi connectivity index (χ1) is 14.7. The topological polar surface area (TPSA) is 61.4 Å². The van der Waals surface area contributed by atoms with Crippen LogP contribution < -0.4 is 15.5 Å². The van der Waals surface area contributed by atoms with Crippen LogP contribution in [0.1, 0.15) is 27.0 Å². The van der Waals surface area contributed by atoms with E-state index in [9.17, 15) is 9.59 Å². The van der Waals surface area contributed by atoms with E-state index in [1.807, 2.05) is 65.6 Å². The van der Waals surface area contributed by atoms with Crippen molar-refractivity contribution >= 4 is 17.6 Å². The highest BCUT2D eigenvalue weighted by molar-refractivity contribution is 6.07. The molecule has 0 aromatic heterocycles. The van der Waals surface area contributed by atoms with Gasteiger partial charge in [0, 0.05) is 30.9 Å². The Morgan fingerprint density at radius 3 is 2.33 bits per heavy atom. The normalized spacial score (nSPS) is 12.3. The van der Waals surface area contributed by atoms with Crippen molar-refractivity contribution < 1.29 is 9.59 Å². The van der Waals surface area contributed by atoms with Crippen LogP contribution in [0.4, 0.5) is 10.5 Å². The minimum absolute atomic E-state index is 0.0259. The highest BCUT2D eigenvalue weighted by Crippen LogP contribution is 2.30. The highest BCUT2D eigenvalue weighted by Gasteiger charge is 2.25. The van der Waals surface area contributed by atoms with Crippen LogP contribution in [0, 0.1) is 0 Å². The second kappa shape index (κ2) is 9.27. The Morgan fingerprint density at radius 2 is 1.57 bits per heavy atom. The van der Waals surface area contributed by atoms with Gasteiger partial charge in [-0.05, 0) is 47.7 Å². The van der Waals surface area contributed by atoms with Gasteiger partial charge in [0.05, 0.1) is 0 Å². The summed E-state index contributed by atoms with van der Waals surface area (Å²) in [4.78, 5) is 26.7. The number of hydrogen-bond donors (Lipinski definition) is 2. The second-order valence-corrected chi connectivity index (χ2v) is 7.38. The van der Waals surface area contributed by atoms with Crippen LogP contribution in [-0.2, 0) is 19.4 Å². The fourth-order valence-corrected chi connectivity index (χ4v) is 3.72. The number of amides is 3. The number of rotatable bonds is 6. The molecule has 5 nitrogen and oxygen atoms in total. The van der Waals surface area contributed by atoms with Crippen LogP contribution in [0.15, 0.2) is 78.9 Å². The maximum Gasteiger partial charge on any atom is 0.315 e. The maximum atomic E-state index is 12.8. The maximum absolute atomic E-state index is 12.8. The number of nitrogens with one attached hydrogen (secondary N) is 2. The lowest BCUT2D eigenvalue weighted by atomic mass is 10.1. The van der Waals surface area contributed by atoms with E-state index in [2.05, 4.69) is 28.8 Å². The minimum Gasteiger partial charge on any atom is -0.338 e. The zero-order valence-electron chi connectivity index (χ0n) is 16.8. The van der Waals surface area contributed by atoms with Crippen molar-refractivity contribution in [2.45, 2.75) is 19.4 Å². The molecule has 0 saturated heterocycles. The van der Waals surface area contributed by atoms with Crippen LogP contribution >= 0.6 is 0 Å². The quantitative estimate of drug-likeness (QED) is 0.660. The summed E-state index contributed by atoms with van der Waals surface area (Å²) in [6, 6.07) is 25.3. The van der Waals surface area contributed by atoms with Gasteiger partial charge in [0.25, 0.3) is 5.91 Å². The van der Waals surface area contributed by atoms with Gasteiger partial charge in [-0.3, -0.25) is 4.79 Å². The molecule has 0 unspecified atom stereocenters. The average Bonchev–Trinajstić information content (AvgIpc) is 3.22. The van der Waals surface area contributed by atoms with Crippen LogP contribution in [0.2, 0.25) is 0 Å². The molecule has 30 heavy (non-hydrogen) atoms. The van der Waals surface area contributed by atoms with E-state index in [1.165, 1.54) is 5.56 Å². The molecule has 1 heterocycles. The van der Waals surface area contributed by atoms with Crippen molar-refractivity contribution in [3.05, 3.63) is 101 Å². The molecule has 4 rings (SSSR count). The molecule has 0 radical (unpaired) electrons. The van der Waals surface area contributed by atoms with Crippen molar-refractivity contribution in [3.63, 3.8) is 0 Å². The van der Waals surface area contributed by atoms with E-state index in [0.29, 0.717) is 25.2 Å². The molecule has 3 aromatic carbocycles. The zero-order chi connectivity index (χ0) is 20.8. The van der Waals surface area contributed by atoms with E-state index in [4.69, 9.17) is 0 Å². The molecule has 0 saturated carbocycles. The molecule has 1 aliphatic rings. The van der Waals surface area contributed by atoms with E-state index in [0.717, 1.165) is 29.7 Å². The van der Waals surface area contributed by atoms with Crippen molar-refractivity contribution in [2.24, 2.45) is 0 Å². The number of anilines is 1. The summed E-state index contributed by atoms with van der Waals surface area (Å²) in [5.41, 5.74) is 5.03. The van der Waals surface area contributed by atoms with Gasteiger partial charge in [0.15, 0.2) is 0 Å². The summed E-state index contributed by atoms with van der Waals surface area (Å²) in [6.07, 6.45) is 1.63. The van der Waals surface area contributed by atoms with E-state index in [1.54, 1.807) is 0 Å². The number of fused-ring (bicyclic) bond motifs is 1. The number of nitrogens with zero attached hydrogens (tertiary/aromatic N) is 1. The fraction of sp³-hybridized carbons (Fsp3) is 0.200. The molecular formula is C25H25N3O2. The lowest BCUT2D eigenvalue weighted by Crippen LogP contribution is -2.36. The molecule has 5 heteroatoms. The van der Waals surface area contributed by atoms with E-state index < -0.39 is 0 Å². The van der Waals surface area contributed by atoms with Crippen molar-refractivity contribution in [1.29, 1.82) is 0 Å². The highest BCUT2D eigenvalue weighted by atomic mass is 16.2. The van der Waals surface area contributed by atoms with Crippen LogP contribution in [0.3, 0.4) is 0 Å². The summed E-state index contributed by atoms with van der Waals surface area (Å²) in [7, 11) is 0. The molecule has 3 amide bonds. The van der Waals surface area contributed by atoms with Gasteiger partial charge in [-0.1, -0.05) is 60.7 Å². The van der Waals surface area contributed by atoms with Gasteiger partial charge in [-0.15, -0.1) is 0 Å². The van der Waals surface area contributed by atoms with Gasteiger partial charge in [-0.25, -0.2) is 4.79 Å². The largest absolute Gasteiger partial charge is 0.338 e. The van der Waals surface area contributed by atoms with Gasteiger partial charge < -0.3 is 15.5 Å². The number of benzene rings is 3. The first-order valence-corrected chi connectivity index (χ1v) is 10.2. The van der Waals surface area contributed by atoms with Gasteiger partial charge in [0.2, 0.25) is 0 Å². The predicted molar refractivity (Wildman–Crippen MR) is 119 cm³/mol. The molecule has 152 valence electrons. The first kappa shape index (κ1) is 19.7. The van der Waals surface area contributed by atoms with Crippen LogP contribution in [0.25, 0.3) is 0 Å². The third-order valence-corrected chi connectivity index (χ3v) is 5.30. The monoisotopic (exact) mass is 399 g/mol. The lowest BCUT2D eigenvalue weighted by Gasteiger charge is -2.17. The molecule has 0 fully saturated rings. The number of urea groups is 1. The van der Waals surface area contributed by atoms with Gasteiger partial charge >= 0.3 is 6.03 Å². The summed E-state index contributed by atoms with van der Waals surface area (Å²) in [5, 5.41) is 5.80. The minimum atomic E-state index is -0.174. The number of carbonyl (C=O) groups is 2. The molecule has 1 aliphatic heterocycles. The fourth-order valence-electron chi connectivity index (χ4n) is 3.72. The molecule has 2 N–H and O–H groups in total. The van der Waals surface area contributed by atoms with Crippen molar-refractivity contribution in [3.8, 4) is 0 Å². The van der Waals surface area contributed by atoms with Crippen molar-refractivity contribution in [1.82, 2.24) is 10.6 Å². The third kappa shape index (κ3) is 4.69. The standard InChI is InChI=1S/C25H25N3O2/c29-24(21-9-5-2-6-10-21)28-16-14-22-17-20(11-12-23(22)28)18-27-25(30)26-15-13-19-7-3-1-4-8-19/h1-12,17H,13-16,18H2,(H2,26,27,30). The number of carbonyl (C=O) groups excluding carboxylic acids is 2. The zero-order valence-corrected chi connectivity index (χ0v) is 16.8. The van der Waals surface area contributed by atoms with Crippen molar-refractivity contribution in [2.75, 3.05) is 18.0 Å². The predicted octanol–water partition coefficient (Wildman–Crippen LogP) is 3.93.